The normalized spacial score (nSPS) is 16.4. The zero-order chi connectivity index (χ0) is 23.2. The van der Waals surface area contributed by atoms with Crippen LogP contribution in [-0.4, -0.2) is 50.6 Å². The second-order valence-electron chi connectivity index (χ2n) is 8.95. The van der Waals surface area contributed by atoms with Gasteiger partial charge in [0.05, 0.1) is 12.4 Å². The summed E-state index contributed by atoms with van der Waals surface area (Å²) in [6.07, 6.45) is 3.54. The first-order valence-electron chi connectivity index (χ1n) is 10.7. The first-order chi connectivity index (χ1) is 14.4. The van der Waals surface area contributed by atoms with E-state index in [0.717, 1.165) is 31.7 Å². The van der Waals surface area contributed by atoms with E-state index in [4.69, 9.17) is 10.5 Å². The number of ether oxygens (including phenoxy) is 1. The smallest absolute Gasteiger partial charge is 0.345 e. The van der Waals surface area contributed by atoms with Crippen LogP contribution in [0.25, 0.3) is 0 Å². The summed E-state index contributed by atoms with van der Waals surface area (Å²) in [6.45, 7) is 8.97. The Balaban J connectivity index is 1.74. The Hall–Kier alpha value is -2.16. The summed E-state index contributed by atoms with van der Waals surface area (Å²) >= 11 is 0. The van der Waals surface area contributed by atoms with Crippen LogP contribution in [0.3, 0.4) is 0 Å². The van der Waals surface area contributed by atoms with Gasteiger partial charge in [0, 0.05) is 24.6 Å². The lowest BCUT2D eigenvalue weighted by Crippen LogP contribution is -2.39. The maximum Gasteiger partial charge on any atom is 0.345 e. The van der Waals surface area contributed by atoms with Crippen LogP contribution in [0.5, 0.6) is 5.75 Å². The molecular weight excluding hydrogens is 421 g/mol. The Labute approximate surface area is 184 Å². The quantitative estimate of drug-likeness (QED) is 0.380. The fraction of sp³-hybridized carbons (Fsp3) is 0.636. The minimum atomic E-state index is -3.58. The van der Waals surface area contributed by atoms with Crippen molar-refractivity contribution in [1.82, 2.24) is 4.90 Å². The minimum absolute atomic E-state index is 0.148. The molecule has 1 aromatic carbocycles. The summed E-state index contributed by atoms with van der Waals surface area (Å²) < 4.78 is 43.3. The Morgan fingerprint density at radius 2 is 1.94 bits per heavy atom. The lowest BCUT2D eigenvalue weighted by Gasteiger charge is -2.31. The van der Waals surface area contributed by atoms with Gasteiger partial charge in [0.1, 0.15) is 22.3 Å². The zero-order valence-corrected chi connectivity index (χ0v) is 19.7. The van der Waals surface area contributed by atoms with Crippen molar-refractivity contribution in [3.05, 3.63) is 24.0 Å². The highest BCUT2D eigenvalue weighted by atomic mass is 32.2. The molecule has 1 saturated heterocycles. The molecule has 174 valence electrons. The van der Waals surface area contributed by atoms with E-state index < -0.39 is 15.7 Å². The number of aliphatic imine (C=N–C) groups is 1. The first-order valence-corrected chi connectivity index (χ1v) is 12.4. The largest absolute Gasteiger partial charge is 0.493 e. The molecular formula is C22H34FN3O4S. The second-order valence-corrected chi connectivity index (χ2v) is 11.2. The van der Waals surface area contributed by atoms with Crippen LogP contribution in [0.4, 0.5) is 9.18 Å². The fourth-order valence-electron chi connectivity index (χ4n) is 3.30. The number of hydrogen-bond donors (Lipinski definition) is 1. The third-order valence-electron chi connectivity index (χ3n) is 5.51. The maximum absolute atomic E-state index is 14.1. The van der Waals surface area contributed by atoms with Gasteiger partial charge in [-0.05, 0) is 43.7 Å². The number of benzene rings is 1. The molecule has 0 bridgehead atoms. The van der Waals surface area contributed by atoms with Gasteiger partial charge >= 0.3 is 6.03 Å². The SMILES string of the molecule is CCS(=O)(=O)c1ccc(OCCCC2CCN(C(=O)/N=C(\N)C(C)(C)C)CC2)cc1F. The number of carbonyl (C=O) groups excluding carboxylic acids is 1. The predicted molar refractivity (Wildman–Crippen MR) is 120 cm³/mol. The predicted octanol–water partition coefficient (Wildman–Crippen LogP) is 4.01. The molecule has 1 aliphatic rings. The second kappa shape index (κ2) is 10.4. The van der Waals surface area contributed by atoms with E-state index in [1.807, 2.05) is 20.8 Å². The van der Waals surface area contributed by atoms with Gasteiger partial charge in [-0.3, -0.25) is 0 Å². The third-order valence-corrected chi connectivity index (χ3v) is 7.27. The van der Waals surface area contributed by atoms with E-state index in [1.54, 1.807) is 4.90 Å². The molecule has 1 aromatic rings. The molecule has 0 spiro atoms. The van der Waals surface area contributed by atoms with Crippen molar-refractivity contribution in [3.8, 4) is 5.75 Å². The average molecular weight is 456 g/mol. The number of carbonyl (C=O) groups is 1. The molecule has 2 amide bonds. The molecule has 2 N–H and O–H groups in total. The van der Waals surface area contributed by atoms with Crippen LogP contribution in [0.2, 0.25) is 0 Å². The molecule has 0 atom stereocenters. The number of nitrogens with zero attached hydrogens (tertiary/aromatic N) is 2. The number of urea groups is 1. The van der Waals surface area contributed by atoms with E-state index in [2.05, 4.69) is 4.99 Å². The number of nitrogens with two attached hydrogens (primary N) is 1. The van der Waals surface area contributed by atoms with Gasteiger partial charge < -0.3 is 15.4 Å². The third kappa shape index (κ3) is 7.19. The molecule has 0 aliphatic carbocycles. The number of likely N-dealkylation sites (tertiary alicyclic amines) is 1. The van der Waals surface area contributed by atoms with Crippen molar-refractivity contribution in [2.24, 2.45) is 22.1 Å². The van der Waals surface area contributed by atoms with Gasteiger partial charge in [-0.15, -0.1) is 0 Å². The molecule has 1 heterocycles. The summed E-state index contributed by atoms with van der Waals surface area (Å²) in [5, 5.41) is 0. The first kappa shape index (κ1) is 25.1. The summed E-state index contributed by atoms with van der Waals surface area (Å²) in [4.78, 5) is 17.8. The van der Waals surface area contributed by atoms with Crippen LogP contribution in [0, 0.1) is 17.2 Å². The van der Waals surface area contributed by atoms with Crippen molar-refractivity contribution in [2.75, 3.05) is 25.4 Å². The van der Waals surface area contributed by atoms with Gasteiger partial charge in [0.2, 0.25) is 0 Å². The highest BCUT2D eigenvalue weighted by Gasteiger charge is 2.24. The van der Waals surface area contributed by atoms with E-state index in [9.17, 15) is 17.6 Å². The molecule has 1 aliphatic heterocycles. The lowest BCUT2D eigenvalue weighted by atomic mass is 9.92. The van der Waals surface area contributed by atoms with Crippen molar-refractivity contribution in [3.63, 3.8) is 0 Å². The number of rotatable bonds is 7. The molecule has 31 heavy (non-hydrogen) atoms. The van der Waals surface area contributed by atoms with E-state index in [-0.39, 0.29) is 22.1 Å². The highest BCUT2D eigenvalue weighted by Crippen LogP contribution is 2.24. The molecule has 0 saturated carbocycles. The maximum atomic E-state index is 14.1. The van der Waals surface area contributed by atoms with E-state index in [0.29, 0.717) is 37.2 Å². The molecule has 0 radical (unpaired) electrons. The number of hydrogen-bond acceptors (Lipinski definition) is 4. The molecule has 7 nitrogen and oxygen atoms in total. The van der Waals surface area contributed by atoms with Gasteiger partial charge in [0.15, 0.2) is 9.84 Å². The fourth-order valence-corrected chi connectivity index (χ4v) is 4.24. The minimum Gasteiger partial charge on any atom is -0.493 e. The number of sulfone groups is 1. The Kier molecular flexibility index (Phi) is 8.45. The van der Waals surface area contributed by atoms with Gasteiger partial charge in [0.25, 0.3) is 0 Å². The van der Waals surface area contributed by atoms with Crippen molar-refractivity contribution in [1.29, 1.82) is 0 Å². The number of amides is 2. The monoisotopic (exact) mass is 455 g/mol. The lowest BCUT2D eigenvalue weighted by molar-refractivity contribution is 0.172. The Morgan fingerprint density at radius 1 is 1.29 bits per heavy atom. The summed E-state index contributed by atoms with van der Waals surface area (Å²) in [5.74, 6) is 0.220. The summed E-state index contributed by atoms with van der Waals surface area (Å²) in [6, 6.07) is 3.59. The van der Waals surface area contributed by atoms with Crippen LogP contribution < -0.4 is 10.5 Å². The van der Waals surface area contributed by atoms with Crippen LogP contribution in [0.15, 0.2) is 28.1 Å². The zero-order valence-electron chi connectivity index (χ0n) is 18.9. The average Bonchev–Trinajstić information content (AvgIpc) is 2.70. The highest BCUT2D eigenvalue weighted by molar-refractivity contribution is 7.91. The van der Waals surface area contributed by atoms with Gasteiger partial charge in [-0.1, -0.05) is 27.7 Å². The molecule has 0 unspecified atom stereocenters. The summed E-state index contributed by atoms with van der Waals surface area (Å²) in [5.41, 5.74) is 5.56. The molecule has 2 rings (SSSR count). The van der Waals surface area contributed by atoms with Gasteiger partial charge in [-0.25, -0.2) is 17.6 Å². The standard InChI is InChI=1S/C22H34FN3O4S/c1-5-31(28,29)19-9-8-17(15-18(19)23)30-14-6-7-16-10-12-26(13-11-16)21(27)25-20(24)22(2,3)4/h8-9,15-16H,5-7,10-14H2,1-4H3,(H2,24,25,27). The van der Waals surface area contributed by atoms with Crippen LogP contribution in [0.1, 0.15) is 53.4 Å². The van der Waals surface area contributed by atoms with Crippen molar-refractivity contribution >= 4 is 21.7 Å². The molecule has 1 fully saturated rings. The number of amidine groups is 1. The van der Waals surface area contributed by atoms with Crippen molar-refractivity contribution in [2.45, 2.75) is 58.3 Å². The van der Waals surface area contributed by atoms with Crippen LogP contribution >= 0.6 is 0 Å². The summed E-state index contributed by atoms with van der Waals surface area (Å²) in [7, 11) is -3.58. The van der Waals surface area contributed by atoms with E-state index >= 15 is 0 Å². The molecule has 9 heteroatoms. The topological polar surface area (TPSA) is 102 Å². The number of piperidine rings is 1. The van der Waals surface area contributed by atoms with Gasteiger partial charge in [-0.2, -0.15) is 4.99 Å². The molecule has 0 aromatic heterocycles. The Bertz CT molecular complexity index is 902. The number of halogens is 1. The van der Waals surface area contributed by atoms with E-state index in [1.165, 1.54) is 19.1 Å². The van der Waals surface area contributed by atoms with Crippen molar-refractivity contribution < 1.29 is 22.3 Å². The Morgan fingerprint density at radius 3 is 2.48 bits per heavy atom. The van der Waals surface area contributed by atoms with Crippen LogP contribution in [-0.2, 0) is 9.84 Å².